The first-order valence-corrected chi connectivity index (χ1v) is 8.95. The fourth-order valence-electron chi connectivity index (χ4n) is 2.70. The highest BCUT2D eigenvalue weighted by Gasteiger charge is 2.22. The quantitative estimate of drug-likeness (QED) is 0.754. The van der Waals surface area contributed by atoms with E-state index in [1.165, 1.54) is 24.5 Å². The Hall–Kier alpha value is -1.99. The summed E-state index contributed by atoms with van der Waals surface area (Å²) in [6.07, 6.45) is 3.54. The van der Waals surface area contributed by atoms with Crippen LogP contribution in [0.3, 0.4) is 0 Å². The molecule has 0 N–H and O–H groups in total. The number of methoxy groups -OCH3 is 1. The van der Waals surface area contributed by atoms with Gasteiger partial charge in [0.1, 0.15) is 16.6 Å². The minimum absolute atomic E-state index is 0.144. The summed E-state index contributed by atoms with van der Waals surface area (Å²) in [4.78, 5) is 17.1. The van der Waals surface area contributed by atoms with Crippen LogP contribution in [0.4, 0.5) is 4.39 Å². The molecule has 0 spiro atoms. The van der Waals surface area contributed by atoms with E-state index in [4.69, 9.17) is 14.2 Å². The van der Waals surface area contributed by atoms with Gasteiger partial charge in [-0.2, -0.15) is 0 Å². The average Bonchev–Trinajstić information content (AvgIpc) is 3.07. The standard InChI is InChI=1S/C18H20FNO4S/c1-11-9-20-17(25-11)14-7-13(8-15(16(14)19)18(21)22-2)24-10-12-3-5-23-6-4-12/h7-9,12H,3-6,10H2,1-2H3. The van der Waals surface area contributed by atoms with Gasteiger partial charge in [-0.05, 0) is 37.8 Å². The summed E-state index contributed by atoms with van der Waals surface area (Å²) in [6.45, 7) is 3.86. The van der Waals surface area contributed by atoms with Crippen LogP contribution in [0.1, 0.15) is 28.1 Å². The Kier molecular flexibility index (Phi) is 5.65. The molecule has 0 bridgehead atoms. The lowest BCUT2D eigenvalue weighted by Crippen LogP contribution is -2.21. The number of ether oxygens (including phenoxy) is 3. The molecular weight excluding hydrogens is 345 g/mol. The first-order chi connectivity index (χ1) is 12.1. The fourth-order valence-corrected chi connectivity index (χ4v) is 3.48. The number of carbonyl (C=O) groups is 1. The van der Waals surface area contributed by atoms with Crippen LogP contribution in [0, 0.1) is 18.7 Å². The van der Waals surface area contributed by atoms with Gasteiger partial charge in [0.25, 0.3) is 0 Å². The smallest absolute Gasteiger partial charge is 0.341 e. The van der Waals surface area contributed by atoms with Crippen molar-refractivity contribution >= 4 is 17.3 Å². The van der Waals surface area contributed by atoms with E-state index in [1.54, 1.807) is 12.3 Å². The van der Waals surface area contributed by atoms with Gasteiger partial charge in [-0.25, -0.2) is 14.2 Å². The Morgan fingerprint density at radius 2 is 2.16 bits per heavy atom. The first-order valence-electron chi connectivity index (χ1n) is 8.13. The molecule has 1 fully saturated rings. The number of hydrogen-bond donors (Lipinski definition) is 0. The molecular formula is C18H20FNO4S. The normalized spacial score (nSPS) is 15.2. The molecule has 0 amide bonds. The zero-order chi connectivity index (χ0) is 17.8. The van der Waals surface area contributed by atoms with Crippen LogP contribution in [-0.2, 0) is 9.47 Å². The third-order valence-electron chi connectivity index (χ3n) is 4.13. The Bertz CT molecular complexity index is 756. The highest BCUT2D eigenvalue weighted by atomic mass is 32.1. The molecule has 0 aliphatic carbocycles. The summed E-state index contributed by atoms with van der Waals surface area (Å²) in [7, 11) is 1.23. The van der Waals surface area contributed by atoms with Crippen molar-refractivity contribution in [3.05, 3.63) is 34.6 Å². The van der Waals surface area contributed by atoms with E-state index in [-0.39, 0.29) is 11.1 Å². The molecule has 2 heterocycles. The number of benzene rings is 1. The van der Waals surface area contributed by atoms with Gasteiger partial charge in [-0.15, -0.1) is 11.3 Å². The molecule has 7 heteroatoms. The topological polar surface area (TPSA) is 57.7 Å². The van der Waals surface area contributed by atoms with Crippen LogP contribution in [0.25, 0.3) is 10.6 Å². The van der Waals surface area contributed by atoms with Crippen molar-refractivity contribution in [1.29, 1.82) is 0 Å². The molecule has 1 aromatic carbocycles. The minimum atomic E-state index is -0.733. The lowest BCUT2D eigenvalue weighted by Gasteiger charge is -2.22. The number of aromatic nitrogens is 1. The Morgan fingerprint density at radius 1 is 1.40 bits per heavy atom. The number of nitrogens with zero attached hydrogens (tertiary/aromatic N) is 1. The van der Waals surface area contributed by atoms with Gasteiger partial charge in [0.15, 0.2) is 0 Å². The molecule has 1 saturated heterocycles. The van der Waals surface area contributed by atoms with E-state index < -0.39 is 11.8 Å². The van der Waals surface area contributed by atoms with Crippen LogP contribution < -0.4 is 4.74 Å². The number of thiazole rings is 1. The molecule has 25 heavy (non-hydrogen) atoms. The number of halogens is 1. The van der Waals surface area contributed by atoms with E-state index in [0.717, 1.165) is 30.9 Å². The van der Waals surface area contributed by atoms with Crippen molar-refractivity contribution in [3.63, 3.8) is 0 Å². The highest BCUT2D eigenvalue weighted by molar-refractivity contribution is 7.14. The Balaban J connectivity index is 1.90. The second-order valence-corrected chi connectivity index (χ2v) is 7.20. The average molecular weight is 365 g/mol. The van der Waals surface area contributed by atoms with Crippen LogP contribution in [-0.4, -0.2) is 37.9 Å². The fraction of sp³-hybridized carbons (Fsp3) is 0.444. The molecule has 1 aliphatic heterocycles. The minimum Gasteiger partial charge on any atom is -0.493 e. The zero-order valence-electron chi connectivity index (χ0n) is 14.2. The third kappa shape index (κ3) is 4.16. The molecule has 134 valence electrons. The summed E-state index contributed by atoms with van der Waals surface area (Å²) in [5, 5.41) is 0.511. The van der Waals surface area contributed by atoms with E-state index in [2.05, 4.69) is 4.98 Å². The van der Waals surface area contributed by atoms with Crippen molar-refractivity contribution in [3.8, 4) is 16.3 Å². The van der Waals surface area contributed by atoms with Crippen molar-refractivity contribution < 1.29 is 23.4 Å². The van der Waals surface area contributed by atoms with E-state index >= 15 is 0 Å². The number of esters is 1. The zero-order valence-corrected chi connectivity index (χ0v) is 15.0. The number of rotatable bonds is 5. The monoisotopic (exact) mass is 365 g/mol. The van der Waals surface area contributed by atoms with Crippen molar-refractivity contribution in [2.45, 2.75) is 19.8 Å². The van der Waals surface area contributed by atoms with Gasteiger partial charge in [-0.1, -0.05) is 0 Å². The van der Waals surface area contributed by atoms with Crippen molar-refractivity contribution in [1.82, 2.24) is 4.98 Å². The maximum absolute atomic E-state index is 14.8. The lowest BCUT2D eigenvalue weighted by molar-refractivity contribution is 0.0496. The first kappa shape index (κ1) is 17.8. The lowest BCUT2D eigenvalue weighted by atomic mass is 10.0. The van der Waals surface area contributed by atoms with Crippen LogP contribution in [0.5, 0.6) is 5.75 Å². The summed E-state index contributed by atoms with van der Waals surface area (Å²) in [5.41, 5.74) is 0.109. The SMILES string of the molecule is COC(=O)c1cc(OCC2CCOCC2)cc(-c2ncc(C)s2)c1F. The molecule has 2 aromatic rings. The van der Waals surface area contributed by atoms with E-state index in [1.807, 2.05) is 6.92 Å². The summed E-state index contributed by atoms with van der Waals surface area (Å²) in [5.74, 6) is -0.537. The summed E-state index contributed by atoms with van der Waals surface area (Å²) >= 11 is 1.36. The maximum atomic E-state index is 14.8. The van der Waals surface area contributed by atoms with Crippen LogP contribution >= 0.6 is 11.3 Å². The maximum Gasteiger partial charge on any atom is 0.341 e. The van der Waals surface area contributed by atoms with Crippen molar-refractivity contribution in [2.24, 2.45) is 5.92 Å². The van der Waals surface area contributed by atoms with Gasteiger partial charge in [0.2, 0.25) is 0 Å². The molecule has 0 saturated carbocycles. The van der Waals surface area contributed by atoms with Gasteiger partial charge < -0.3 is 14.2 Å². The van der Waals surface area contributed by atoms with Gasteiger partial charge in [0.05, 0.1) is 24.8 Å². The third-order valence-corrected chi connectivity index (χ3v) is 5.08. The number of aryl methyl sites for hydroxylation is 1. The second kappa shape index (κ2) is 7.93. The molecule has 1 aliphatic rings. The molecule has 3 rings (SSSR count). The molecule has 5 nitrogen and oxygen atoms in total. The predicted molar refractivity (Wildman–Crippen MR) is 92.6 cm³/mol. The Morgan fingerprint density at radius 3 is 2.80 bits per heavy atom. The summed E-state index contributed by atoms with van der Waals surface area (Å²) in [6, 6.07) is 2.99. The van der Waals surface area contributed by atoms with E-state index in [9.17, 15) is 9.18 Å². The number of carbonyl (C=O) groups excluding carboxylic acids is 1. The predicted octanol–water partition coefficient (Wildman–Crippen LogP) is 3.85. The van der Waals surface area contributed by atoms with Gasteiger partial charge >= 0.3 is 5.97 Å². The molecule has 0 unspecified atom stereocenters. The van der Waals surface area contributed by atoms with E-state index in [0.29, 0.717) is 23.3 Å². The molecule has 0 radical (unpaired) electrons. The summed E-state index contributed by atoms with van der Waals surface area (Å²) < 4.78 is 30.7. The largest absolute Gasteiger partial charge is 0.493 e. The van der Waals surface area contributed by atoms with Crippen molar-refractivity contribution in [2.75, 3.05) is 26.9 Å². The highest BCUT2D eigenvalue weighted by Crippen LogP contribution is 2.33. The molecule has 0 atom stereocenters. The van der Waals surface area contributed by atoms with Crippen LogP contribution in [0.15, 0.2) is 18.3 Å². The van der Waals surface area contributed by atoms with Crippen LogP contribution in [0.2, 0.25) is 0 Å². The number of hydrogen-bond acceptors (Lipinski definition) is 6. The van der Waals surface area contributed by atoms with Gasteiger partial charge in [0, 0.05) is 24.3 Å². The molecule has 1 aromatic heterocycles. The second-order valence-electron chi connectivity index (χ2n) is 5.97. The Labute approximate surface area is 149 Å². The van der Waals surface area contributed by atoms with Gasteiger partial charge in [-0.3, -0.25) is 0 Å².